The van der Waals surface area contributed by atoms with Gasteiger partial charge in [0, 0.05) is 24.1 Å². The van der Waals surface area contributed by atoms with E-state index in [1.54, 1.807) is 0 Å². The van der Waals surface area contributed by atoms with Crippen molar-refractivity contribution in [3.63, 3.8) is 0 Å². The van der Waals surface area contributed by atoms with Gasteiger partial charge in [-0.1, -0.05) is 12.1 Å². The van der Waals surface area contributed by atoms with Crippen LogP contribution < -0.4 is 5.32 Å². The third-order valence-corrected chi connectivity index (χ3v) is 3.87. The summed E-state index contributed by atoms with van der Waals surface area (Å²) in [5, 5.41) is 3.55. The highest BCUT2D eigenvalue weighted by Crippen LogP contribution is 2.26. The lowest BCUT2D eigenvalue weighted by Gasteiger charge is -2.24. The molecule has 2 heterocycles. The number of anilines is 1. The Morgan fingerprint density at radius 3 is 2.74 bits per heavy atom. The first-order chi connectivity index (χ1) is 9.31. The van der Waals surface area contributed by atoms with E-state index in [4.69, 9.17) is 0 Å². The molecule has 0 fully saturated rings. The Kier molecular flexibility index (Phi) is 3.49. The Balaban J connectivity index is 1.69. The average Bonchev–Trinajstić information content (AvgIpc) is 2.46. The van der Waals surface area contributed by atoms with Crippen LogP contribution >= 0.6 is 0 Å². The minimum atomic E-state index is 0.607. The van der Waals surface area contributed by atoms with E-state index in [-0.39, 0.29) is 0 Å². The maximum Gasteiger partial charge on any atom is 0.0374 e. The van der Waals surface area contributed by atoms with Crippen LogP contribution in [-0.4, -0.2) is 11.0 Å². The molecule has 1 unspecified atom stereocenters. The molecule has 1 N–H and O–H groups in total. The Morgan fingerprint density at radius 1 is 1.11 bits per heavy atom. The van der Waals surface area contributed by atoms with Crippen molar-refractivity contribution in [2.45, 2.75) is 38.6 Å². The molecule has 1 aliphatic heterocycles. The van der Waals surface area contributed by atoms with Gasteiger partial charge in [0.2, 0.25) is 0 Å². The van der Waals surface area contributed by atoms with Crippen molar-refractivity contribution in [3.05, 3.63) is 59.4 Å². The second-order valence-corrected chi connectivity index (χ2v) is 5.43. The van der Waals surface area contributed by atoms with Gasteiger partial charge in [-0.2, -0.15) is 0 Å². The van der Waals surface area contributed by atoms with E-state index >= 15 is 0 Å². The monoisotopic (exact) mass is 252 g/mol. The zero-order chi connectivity index (χ0) is 13.1. The highest BCUT2D eigenvalue weighted by molar-refractivity contribution is 5.55. The summed E-state index contributed by atoms with van der Waals surface area (Å²) in [5.41, 5.74) is 5.60. The van der Waals surface area contributed by atoms with Crippen LogP contribution in [0.1, 0.15) is 30.0 Å². The number of aromatic nitrogens is 1. The fourth-order valence-electron chi connectivity index (χ4n) is 2.70. The quantitative estimate of drug-likeness (QED) is 0.902. The molecule has 0 bridgehead atoms. The molecular formula is C17H20N2. The van der Waals surface area contributed by atoms with Crippen LogP contribution in [0.2, 0.25) is 0 Å². The molecule has 1 aromatic carbocycles. The first-order valence-electron chi connectivity index (χ1n) is 7.08. The highest BCUT2D eigenvalue weighted by Gasteiger charge is 2.13. The molecule has 1 aliphatic rings. The fourth-order valence-corrected chi connectivity index (χ4v) is 2.70. The summed E-state index contributed by atoms with van der Waals surface area (Å²) in [7, 11) is 0. The Morgan fingerprint density at radius 2 is 1.89 bits per heavy atom. The van der Waals surface area contributed by atoms with Crippen molar-refractivity contribution < 1.29 is 0 Å². The molecule has 0 aliphatic carbocycles. The number of rotatable bonds is 3. The van der Waals surface area contributed by atoms with Crippen molar-refractivity contribution in [1.82, 2.24) is 4.98 Å². The minimum Gasteiger partial charge on any atom is -0.382 e. The molecule has 1 atom stereocenters. The summed E-state index contributed by atoms with van der Waals surface area (Å²) in [6, 6.07) is 11.7. The van der Waals surface area contributed by atoms with Crippen LogP contribution in [-0.2, 0) is 19.3 Å². The van der Waals surface area contributed by atoms with Crippen LogP contribution in [0.3, 0.4) is 0 Å². The number of nitrogens with zero attached hydrogens (tertiary/aromatic N) is 1. The standard InChI is InChI=1S/C17H20N2/c1-13-2-6-16-12-15(5-7-17(16)19-13)4-3-14-8-10-18-11-9-14/h5,7-13,19H,2-4,6H2,1H3. The SMILES string of the molecule is CC1CCc2cc(CCc3ccncc3)ccc2N1. The predicted octanol–water partition coefficient (Wildman–Crippen LogP) is 3.61. The minimum absolute atomic E-state index is 0.607. The zero-order valence-electron chi connectivity index (χ0n) is 11.4. The lowest BCUT2D eigenvalue weighted by atomic mass is 9.95. The fraction of sp³-hybridized carbons (Fsp3) is 0.353. The van der Waals surface area contributed by atoms with Gasteiger partial charge in [0.25, 0.3) is 0 Å². The molecule has 2 aromatic rings. The highest BCUT2D eigenvalue weighted by atomic mass is 14.9. The summed E-state index contributed by atoms with van der Waals surface area (Å²) >= 11 is 0. The van der Waals surface area contributed by atoms with Crippen molar-refractivity contribution in [2.24, 2.45) is 0 Å². The topological polar surface area (TPSA) is 24.9 Å². The predicted molar refractivity (Wildman–Crippen MR) is 79.5 cm³/mol. The van der Waals surface area contributed by atoms with Gasteiger partial charge in [-0.25, -0.2) is 0 Å². The van der Waals surface area contributed by atoms with E-state index in [9.17, 15) is 0 Å². The molecule has 98 valence electrons. The van der Waals surface area contributed by atoms with Gasteiger partial charge in [-0.3, -0.25) is 4.98 Å². The number of aryl methyl sites for hydroxylation is 3. The molecule has 3 rings (SSSR count). The third-order valence-electron chi connectivity index (χ3n) is 3.87. The maximum atomic E-state index is 4.06. The number of pyridine rings is 1. The van der Waals surface area contributed by atoms with Crippen LogP contribution in [0.25, 0.3) is 0 Å². The number of fused-ring (bicyclic) bond motifs is 1. The van der Waals surface area contributed by atoms with Crippen LogP contribution in [0.5, 0.6) is 0 Å². The van der Waals surface area contributed by atoms with E-state index in [2.05, 4.69) is 47.6 Å². The second kappa shape index (κ2) is 5.43. The molecule has 1 aromatic heterocycles. The Labute approximate surface area is 114 Å². The normalized spacial score (nSPS) is 17.6. The van der Waals surface area contributed by atoms with E-state index in [1.165, 1.54) is 35.2 Å². The van der Waals surface area contributed by atoms with E-state index in [0.29, 0.717) is 6.04 Å². The molecule has 0 saturated heterocycles. The van der Waals surface area contributed by atoms with Crippen LogP contribution in [0.15, 0.2) is 42.7 Å². The van der Waals surface area contributed by atoms with Gasteiger partial charge in [-0.05, 0) is 67.5 Å². The average molecular weight is 252 g/mol. The molecule has 19 heavy (non-hydrogen) atoms. The van der Waals surface area contributed by atoms with Gasteiger partial charge < -0.3 is 5.32 Å². The van der Waals surface area contributed by atoms with E-state index in [0.717, 1.165) is 12.8 Å². The summed E-state index contributed by atoms with van der Waals surface area (Å²) in [6.45, 7) is 2.25. The Hall–Kier alpha value is -1.83. The molecule has 2 heteroatoms. The smallest absolute Gasteiger partial charge is 0.0374 e. The van der Waals surface area contributed by atoms with Crippen LogP contribution in [0.4, 0.5) is 5.69 Å². The van der Waals surface area contributed by atoms with Gasteiger partial charge in [0.05, 0.1) is 0 Å². The largest absolute Gasteiger partial charge is 0.382 e. The lowest BCUT2D eigenvalue weighted by Crippen LogP contribution is -2.21. The molecule has 0 radical (unpaired) electrons. The Bertz CT molecular complexity index is 548. The van der Waals surface area contributed by atoms with E-state index in [1.807, 2.05) is 12.4 Å². The first kappa shape index (κ1) is 12.2. The third kappa shape index (κ3) is 2.95. The van der Waals surface area contributed by atoms with Crippen molar-refractivity contribution in [3.8, 4) is 0 Å². The molecular weight excluding hydrogens is 232 g/mol. The lowest BCUT2D eigenvalue weighted by molar-refractivity contribution is 0.680. The number of hydrogen-bond acceptors (Lipinski definition) is 2. The summed E-state index contributed by atoms with van der Waals surface area (Å²) in [5.74, 6) is 0. The van der Waals surface area contributed by atoms with Crippen molar-refractivity contribution in [1.29, 1.82) is 0 Å². The van der Waals surface area contributed by atoms with Crippen molar-refractivity contribution in [2.75, 3.05) is 5.32 Å². The van der Waals surface area contributed by atoms with Gasteiger partial charge in [0.1, 0.15) is 0 Å². The van der Waals surface area contributed by atoms with E-state index < -0.39 is 0 Å². The van der Waals surface area contributed by atoms with Gasteiger partial charge in [-0.15, -0.1) is 0 Å². The summed E-state index contributed by atoms with van der Waals surface area (Å²) in [6.07, 6.45) is 8.37. The molecule has 0 saturated carbocycles. The van der Waals surface area contributed by atoms with Gasteiger partial charge in [0.15, 0.2) is 0 Å². The molecule has 0 spiro atoms. The maximum absolute atomic E-state index is 4.06. The molecule has 0 amide bonds. The molecule has 2 nitrogen and oxygen atoms in total. The number of nitrogens with one attached hydrogen (secondary N) is 1. The first-order valence-corrected chi connectivity index (χ1v) is 7.08. The van der Waals surface area contributed by atoms with Crippen LogP contribution in [0, 0.1) is 0 Å². The second-order valence-electron chi connectivity index (χ2n) is 5.43. The zero-order valence-corrected chi connectivity index (χ0v) is 11.4. The number of hydrogen-bond donors (Lipinski definition) is 1. The summed E-state index contributed by atoms with van der Waals surface area (Å²) < 4.78 is 0. The summed E-state index contributed by atoms with van der Waals surface area (Å²) in [4.78, 5) is 4.06. The number of benzene rings is 1. The van der Waals surface area contributed by atoms with Crippen molar-refractivity contribution >= 4 is 5.69 Å². The van der Waals surface area contributed by atoms with Gasteiger partial charge >= 0.3 is 0 Å².